The van der Waals surface area contributed by atoms with Gasteiger partial charge in [0.25, 0.3) is 0 Å². The van der Waals surface area contributed by atoms with Crippen LogP contribution in [0.2, 0.25) is 12.1 Å². The molecule has 1 atom stereocenters. The second-order valence-corrected chi connectivity index (χ2v) is 5.19. The van der Waals surface area contributed by atoms with E-state index in [2.05, 4.69) is 20.8 Å². The van der Waals surface area contributed by atoms with Gasteiger partial charge in [-0.15, -0.1) is 0 Å². The minimum absolute atomic E-state index is 0.967. The SMILES string of the molecule is CCCCCC[Si]CC(C)CC. The number of hydrogen-bond donors (Lipinski definition) is 0. The third-order valence-electron chi connectivity index (χ3n) is 2.40. The van der Waals surface area contributed by atoms with Crippen molar-refractivity contribution < 1.29 is 0 Å². The fourth-order valence-electron chi connectivity index (χ4n) is 1.17. The van der Waals surface area contributed by atoms with E-state index in [1.807, 2.05) is 0 Å². The van der Waals surface area contributed by atoms with Crippen LogP contribution in [0.4, 0.5) is 0 Å². The minimum Gasteiger partial charge on any atom is -0.0654 e. The molecule has 0 aliphatic heterocycles. The first kappa shape index (κ1) is 12.2. The Morgan fingerprint density at radius 2 is 1.83 bits per heavy atom. The predicted molar refractivity (Wildman–Crippen MR) is 59.0 cm³/mol. The van der Waals surface area contributed by atoms with Crippen molar-refractivity contribution in [3.8, 4) is 0 Å². The zero-order valence-corrected chi connectivity index (χ0v) is 10.0. The first-order chi connectivity index (χ1) is 5.81. The van der Waals surface area contributed by atoms with Crippen LogP contribution in [0.3, 0.4) is 0 Å². The van der Waals surface area contributed by atoms with Crippen molar-refractivity contribution in [2.45, 2.75) is 65.0 Å². The highest BCUT2D eigenvalue weighted by Crippen LogP contribution is 2.09. The summed E-state index contributed by atoms with van der Waals surface area (Å²) < 4.78 is 0. The van der Waals surface area contributed by atoms with Gasteiger partial charge in [-0.2, -0.15) is 0 Å². The third kappa shape index (κ3) is 8.31. The molecule has 72 valence electrons. The van der Waals surface area contributed by atoms with E-state index in [1.54, 1.807) is 0 Å². The molecule has 0 aromatic rings. The van der Waals surface area contributed by atoms with Crippen LogP contribution in [0.5, 0.6) is 0 Å². The van der Waals surface area contributed by atoms with Gasteiger partial charge in [0.15, 0.2) is 0 Å². The van der Waals surface area contributed by atoms with Gasteiger partial charge in [0.05, 0.1) is 0 Å². The average Bonchev–Trinajstić information content (AvgIpc) is 2.10. The van der Waals surface area contributed by atoms with Gasteiger partial charge in [-0.3, -0.25) is 0 Å². The summed E-state index contributed by atoms with van der Waals surface area (Å²) in [5.41, 5.74) is 0. The van der Waals surface area contributed by atoms with Crippen molar-refractivity contribution in [3.63, 3.8) is 0 Å². The molecule has 2 radical (unpaired) electrons. The van der Waals surface area contributed by atoms with Crippen molar-refractivity contribution in [2.24, 2.45) is 5.92 Å². The molecule has 0 nitrogen and oxygen atoms in total. The molecule has 0 amide bonds. The van der Waals surface area contributed by atoms with Crippen LogP contribution < -0.4 is 0 Å². The van der Waals surface area contributed by atoms with Gasteiger partial charge < -0.3 is 0 Å². The Labute approximate surface area is 81.0 Å². The fourth-order valence-corrected chi connectivity index (χ4v) is 2.66. The highest BCUT2D eigenvalue weighted by Gasteiger charge is 1.98. The van der Waals surface area contributed by atoms with Crippen molar-refractivity contribution in [3.05, 3.63) is 0 Å². The maximum absolute atomic E-state index is 2.37. The molecule has 0 saturated carbocycles. The molecule has 0 aliphatic carbocycles. The third-order valence-corrected chi connectivity index (χ3v) is 4.09. The highest BCUT2D eigenvalue weighted by molar-refractivity contribution is 6.35. The van der Waals surface area contributed by atoms with Crippen molar-refractivity contribution in [1.82, 2.24) is 0 Å². The van der Waals surface area contributed by atoms with Gasteiger partial charge in [0.2, 0.25) is 0 Å². The lowest BCUT2D eigenvalue weighted by Crippen LogP contribution is -1.98. The summed E-state index contributed by atoms with van der Waals surface area (Å²) in [7, 11) is 1.23. The average molecular weight is 184 g/mol. The molecule has 0 aromatic heterocycles. The number of unbranched alkanes of at least 4 members (excludes halogenated alkanes) is 3. The smallest absolute Gasteiger partial charge is 0.0380 e. The molecule has 0 saturated heterocycles. The maximum atomic E-state index is 2.37. The van der Waals surface area contributed by atoms with E-state index >= 15 is 0 Å². The van der Waals surface area contributed by atoms with Crippen LogP contribution in [0.1, 0.15) is 52.9 Å². The molecule has 0 N–H and O–H groups in total. The predicted octanol–water partition coefficient (Wildman–Crippen LogP) is 4.15. The molecular weight excluding hydrogens is 160 g/mol. The van der Waals surface area contributed by atoms with E-state index in [0.717, 1.165) is 5.92 Å². The summed E-state index contributed by atoms with van der Waals surface area (Å²) in [5.74, 6) is 0.967. The summed E-state index contributed by atoms with van der Waals surface area (Å²) in [6.45, 7) is 6.95. The van der Waals surface area contributed by atoms with E-state index in [1.165, 1.54) is 53.7 Å². The van der Waals surface area contributed by atoms with E-state index in [4.69, 9.17) is 0 Å². The van der Waals surface area contributed by atoms with Gasteiger partial charge in [-0.05, 0) is 5.92 Å². The monoisotopic (exact) mass is 184 g/mol. The lowest BCUT2D eigenvalue weighted by atomic mass is 10.2. The Kier molecular flexibility index (Phi) is 9.47. The van der Waals surface area contributed by atoms with Crippen molar-refractivity contribution in [2.75, 3.05) is 0 Å². The number of rotatable bonds is 8. The Morgan fingerprint density at radius 3 is 2.42 bits per heavy atom. The summed E-state index contributed by atoms with van der Waals surface area (Å²) in [6.07, 6.45) is 7.11. The molecule has 0 fully saturated rings. The molecule has 0 aliphatic rings. The van der Waals surface area contributed by atoms with Gasteiger partial charge in [0.1, 0.15) is 0 Å². The van der Waals surface area contributed by atoms with Crippen LogP contribution in [0.25, 0.3) is 0 Å². The zero-order chi connectivity index (χ0) is 9.23. The molecule has 0 rings (SSSR count). The molecule has 12 heavy (non-hydrogen) atoms. The topological polar surface area (TPSA) is 0 Å². The number of hydrogen-bond acceptors (Lipinski definition) is 0. The van der Waals surface area contributed by atoms with Crippen LogP contribution in [0.15, 0.2) is 0 Å². The Hall–Kier alpha value is 0.217. The lowest BCUT2D eigenvalue weighted by Gasteiger charge is -2.06. The zero-order valence-electron chi connectivity index (χ0n) is 9.03. The van der Waals surface area contributed by atoms with Crippen LogP contribution in [-0.2, 0) is 0 Å². The van der Waals surface area contributed by atoms with E-state index in [9.17, 15) is 0 Å². The maximum Gasteiger partial charge on any atom is 0.0380 e. The highest BCUT2D eigenvalue weighted by atomic mass is 28.2. The Bertz CT molecular complexity index is 81.1. The molecule has 0 bridgehead atoms. The van der Waals surface area contributed by atoms with Gasteiger partial charge >= 0.3 is 0 Å². The minimum atomic E-state index is 0.967. The summed E-state index contributed by atoms with van der Waals surface area (Å²) >= 11 is 0. The van der Waals surface area contributed by atoms with Crippen LogP contribution in [0, 0.1) is 5.92 Å². The van der Waals surface area contributed by atoms with E-state index in [0.29, 0.717) is 0 Å². The fraction of sp³-hybridized carbons (Fsp3) is 1.00. The van der Waals surface area contributed by atoms with Gasteiger partial charge in [-0.1, -0.05) is 65.0 Å². The molecule has 0 aromatic carbocycles. The summed E-state index contributed by atoms with van der Waals surface area (Å²) in [6, 6.07) is 2.97. The first-order valence-electron chi connectivity index (χ1n) is 5.52. The van der Waals surface area contributed by atoms with Crippen molar-refractivity contribution >= 4 is 9.52 Å². The first-order valence-corrected chi connectivity index (χ1v) is 6.93. The van der Waals surface area contributed by atoms with Gasteiger partial charge in [0, 0.05) is 9.52 Å². The lowest BCUT2D eigenvalue weighted by molar-refractivity contribution is 0.619. The molecular formula is C11H24Si. The standard InChI is InChI=1S/C11H24Si/c1-4-6-7-8-9-12-10-11(3)5-2/h11H,4-10H2,1-3H3. The Balaban J connectivity index is 2.90. The molecule has 1 heteroatoms. The largest absolute Gasteiger partial charge is 0.0654 e. The van der Waals surface area contributed by atoms with E-state index in [-0.39, 0.29) is 0 Å². The second-order valence-electron chi connectivity index (χ2n) is 3.78. The summed E-state index contributed by atoms with van der Waals surface area (Å²) in [4.78, 5) is 0. The molecule has 0 heterocycles. The summed E-state index contributed by atoms with van der Waals surface area (Å²) in [5, 5.41) is 0. The van der Waals surface area contributed by atoms with Crippen LogP contribution >= 0.6 is 0 Å². The quantitative estimate of drug-likeness (QED) is 0.392. The second kappa shape index (κ2) is 9.31. The molecule has 1 unspecified atom stereocenters. The molecule has 0 spiro atoms. The van der Waals surface area contributed by atoms with Crippen molar-refractivity contribution in [1.29, 1.82) is 0 Å². The Morgan fingerprint density at radius 1 is 1.08 bits per heavy atom. The van der Waals surface area contributed by atoms with Gasteiger partial charge in [-0.25, -0.2) is 0 Å². The van der Waals surface area contributed by atoms with E-state index < -0.39 is 0 Å². The van der Waals surface area contributed by atoms with Crippen LogP contribution in [-0.4, -0.2) is 9.52 Å². The normalized spacial score (nSPS) is 13.2.